The van der Waals surface area contributed by atoms with Gasteiger partial charge in [-0.1, -0.05) is 19.1 Å². The topological polar surface area (TPSA) is 48.3 Å². The molecule has 3 rings (SSSR count). The van der Waals surface area contributed by atoms with Crippen molar-refractivity contribution in [3.8, 4) is 0 Å². The fourth-order valence-electron chi connectivity index (χ4n) is 3.07. The Morgan fingerprint density at radius 2 is 1.88 bits per heavy atom. The number of hydrogen-bond donors (Lipinski definition) is 0. The number of aryl methyl sites for hydroxylation is 1. The van der Waals surface area contributed by atoms with Crippen LogP contribution in [0.3, 0.4) is 0 Å². The molecule has 0 saturated heterocycles. The van der Waals surface area contributed by atoms with Gasteiger partial charge in [-0.2, -0.15) is 0 Å². The van der Waals surface area contributed by atoms with Gasteiger partial charge >= 0.3 is 5.97 Å². The third-order valence-corrected chi connectivity index (χ3v) is 4.89. The molecule has 1 fully saturated rings. The van der Waals surface area contributed by atoms with Gasteiger partial charge in [-0.05, 0) is 49.9 Å². The zero-order chi connectivity index (χ0) is 18.1. The van der Waals surface area contributed by atoms with E-state index in [1.165, 1.54) is 12.1 Å². The molecule has 1 saturated carbocycles. The molecule has 0 aliphatic heterocycles. The SMILES string of the molecule is Cc1cc(C(=O)COC(=O)[C@@H]2C[C@@H]2C)c(C)n1Cc1ccc(F)cc1. The minimum Gasteiger partial charge on any atom is -0.457 e. The number of esters is 1. The van der Waals surface area contributed by atoms with Crippen LogP contribution in [0.4, 0.5) is 4.39 Å². The highest BCUT2D eigenvalue weighted by Crippen LogP contribution is 2.38. The van der Waals surface area contributed by atoms with E-state index < -0.39 is 0 Å². The number of rotatable bonds is 6. The van der Waals surface area contributed by atoms with Gasteiger partial charge in [0.25, 0.3) is 0 Å². The van der Waals surface area contributed by atoms with Crippen molar-refractivity contribution in [2.45, 2.75) is 33.7 Å². The first kappa shape index (κ1) is 17.4. The molecule has 0 N–H and O–H groups in total. The van der Waals surface area contributed by atoms with Crippen LogP contribution in [-0.2, 0) is 16.1 Å². The minimum atomic E-state index is -0.277. The molecule has 1 aliphatic carbocycles. The number of hydrogen-bond acceptors (Lipinski definition) is 3. The highest BCUT2D eigenvalue weighted by molar-refractivity contribution is 5.99. The van der Waals surface area contributed by atoms with Crippen LogP contribution in [0.2, 0.25) is 0 Å². The smallest absolute Gasteiger partial charge is 0.309 e. The first-order valence-electron chi connectivity index (χ1n) is 8.48. The number of carbonyl (C=O) groups excluding carboxylic acids is 2. The number of ketones is 1. The zero-order valence-electron chi connectivity index (χ0n) is 14.7. The van der Waals surface area contributed by atoms with Crippen molar-refractivity contribution in [2.24, 2.45) is 11.8 Å². The first-order chi connectivity index (χ1) is 11.9. The van der Waals surface area contributed by atoms with E-state index in [0.29, 0.717) is 18.0 Å². The molecular weight excluding hydrogens is 321 g/mol. The molecule has 25 heavy (non-hydrogen) atoms. The summed E-state index contributed by atoms with van der Waals surface area (Å²) in [4.78, 5) is 24.2. The average Bonchev–Trinajstić information content (AvgIpc) is 3.25. The summed E-state index contributed by atoms with van der Waals surface area (Å²) in [7, 11) is 0. The normalized spacial score (nSPS) is 18.9. The molecular formula is C20H22FNO3. The van der Waals surface area contributed by atoms with E-state index in [-0.39, 0.29) is 30.1 Å². The van der Waals surface area contributed by atoms with E-state index in [2.05, 4.69) is 0 Å². The monoisotopic (exact) mass is 343 g/mol. The highest BCUT2D eigenvalue weighted by Gasteiger charge is 2.40. The summed E-state index contributed by atoms with van der Waals surface area (Å²) in [6, 6.07) is 8.12. The molecule has 1 aromatic carbocycles. The molecule has 0 unspecified atom stereocenters. The summed E-state index contributed by atoms with van der Waals surface area (Å²) in [6.07, 6.45) is 0.846. The molecule has 1 heterocycles. The summed E-state index contributed by atoms with van der Waals surface area (Å²) in [5.74, 6) is -0.421. The third kappa shape index (κ3) is 3.81. The van der Waals surface area contributed by atoms with E-state index in [1.807, 2.05) is 31.4 Å². The summed E-state index contributed by atoms with van der Waals surface area (Å²) in [5, 5.41) is 0. The lowest BCUT2D eigenvalue weighted by Crippen LogP contribution is -2.16. The Morgan fingerprint density at radius 1 is 1.24 bits per heavy atom. The van der Waals surface area contributed by atoms with Crippen LogP contribution in [-0.4, -0.2) is 22.9 Å². The largest absolute Gasteiger partial charge is 0.457 e. The molecule has 0 spiro atoms. The Bertz CT molecular complexity index is 807. The minimum absolute atomic E-state index is 0.0429. The van der Waals surface area contributed by atoms with E-state index in [9.17, 15) is 14.0 Å². The fraction of sp³-hybridized carbons (Fsp3) is 0.400. The summed E-state index contributed by atoms with van der Waals surface area (Å²) in [5.41, 5.74) is 3.28. The Labute approximate surface area is 146 Å². The van der Waals surface area contributed by atoms with Crippen LogP contribution in [0.5, 0.6) is 0 Å². The van der Waals surface area contributed by atoms with Crippen LogP contribution in [0.15, 0.2) is 30.3 Å². The van der Waals surface area contributed by atoms with Crippen molar-refractivity contribution < 1.29 is 18.7 Å². The van der Waals surface area contributed by atoms with Gasteiger partial charge in [-0.3, -0.25) is 9.59 Å². The molecule has 2 aromatic rings. The standard InChI is InChI=1S/C20H22FNO3/c1-12-8-17(12)20(24)25-11-19(23)18-9-13(2)22(14(18)3)10-15-4-6-16(21)7-5-15/h4-7,9,12,17H,8,10-11H2,1-3H3/t12-,17+/m0/s1. The summed E-state index contributed by atoms with van der Waals surface area (Å²) >= 11 is 0. The van der Waals surface area contributed by atoms with Crippen LogP contribution < -0.4 is 0 Å². The number of benzene rings is 1. The number of halogens is 1. The predicted molar refractivity (Wildman–Crippen MR) is 92.0 cm³/mol. The summed E-state index contributed by atoms with van der Waals surface area (Å²) in [6.45, 7) is 6.13. The van der Waals surface area contributed by atoms with Gasteiger partial charge < -0.3 is 9.30 Å². The highest BCUT2D eigenvalue weighted by atomic mass is 19.1. The lowest BCUT2D eigenvalue weighted by Gasteiger charge is -2.10. The number of aromatic nitrogens is 1. The van der Waals surface area contributed by atoms with Crippen LogP contribution in [0, 0.1) is 31.5 Å². The second-order valence-corrected chi connectivity index (χ2v) is 6.85. The Kier molecular flexibility index (Phi) is 4.75. The molecule has 0 radical (unpaired) electrons. The average molecular weight is 343 g/mol. The molecule has 0 amide bonds. The Balaban J connectivity index is 1.69. The van der Waals surface area contributed by atoms with Crippen LogP contribution in [0.25, 0.3) is 0 Å². The molecule has 1 aromatic heterocycles. The molecule has 2 atom stereocenters. The quantitative estimate of drug-likeness (QED) is 0.594. The van der Waals surface area contributed by atoms with Crippen molar-refractivity contribution in [1.29, 1.82) is 0 Å². The van der Waals surface area contributed by atoms with Crippen molar-refractivity contribution in [2.75, 3.05) is 6.61 Å². The lowest BCUT2D eigenvalue weighted by molar-refractivity contribution is -0.144. The van der Waals surface area contributed by atoms with Gasteiger partial charge in [0, 0.05) is 23.5 Å². The number of nitrogens with zero attached hydrogens (tertiary/aromatic N) is 1. The maximum atomic E-state index is 13.0. The maximum Gasteiger partial charge on any atom is 0.309 e. The summed E-state index contributed by atoms with van der Waals surface area (Å²) < 4.78 is 20.2. The second-order valence-electron chi connectivity index (χ2n) is 6.85. The lowest BCUT2D eigenvalue weighted by atomic mass is 10.1. The number of carbonyl (C=O) groups is 2. The van der Waals surface area contributed by atoms with Crippen molar-refractivity contribution in [3.05, 3.63) is 58.7 Å². The maximum absolute atomic E-state index is 13.0. The predicted octanol–water partition coefficient (Wildman–Crippen LogP) is 3.67. The van der Waals surface area contributed by atoms with E-state index in [1.54, 1.807) is 12.1 Å². The van der Waals surface area contributed by atoms with Gasteiger partial charge in [-0.15, -0.1) is 0 Å². The van der Waals surface area contributed by atoms with Gasteiger partial charge in [0.05, 0.1) is 5.92 Å². The van der Waals surface area contributed by atoms with Gasteiger partial charge in [-0.25, -0.2) is 4.39 Å². The van der Waals surface area contributed by atoms with Crippen molar-refractivity contribution >= 4 is 11.8 Å². The molecule has 5 heteroatoms. The fourth-order valence-corrected chi connectivity index (χ4v) is 3.07. The zero-order valence-corrected chi connectivity index (χ0v) is 14.7. The van der Waals surface area contributed by atoms with Crippen molar-refractivity contribution in [1.82, 2.24) is 4.57 Å². The van der Waals surface area contributed by atoms with Crippen LogP contribution >= 0.6 is 0 Å². The number of Topliss-reactive ketones (excluding diaryl/α,β-unsaturated/α-hetero) is 1. The Hall–Kier alpha value is -2.43. The first-order valence-corrected chi connectivity index (χ1v) is 8.48. The Morgan fingerprint density at radius 3 is 2.48 bits per heavy atom. The van der Waals surface area contributed by atoms with Crippen molar-refractivity contribution in [3.63, 3.8) is 0 Å². The van der Waals surface area contributed by atoms with Crippen LogP contribution in [0.1, 0.15) is 40.7 Å². The molecule has 0 bridgehead atoms. The van der Waals surface area contributed by atoms with Gasteiger partial charge in [0.1, 0.15) is 5.82 Å². The molecule has 1 aliphatic rings. The van der Waals surface area contributed by atoms with E-state index in [4.69, 9.17) is 4.74 Å². The van der Waals surface area contributed by atoms with Gasteiger partial charge in [0.15, 0.2) is 6.61 Å². The van der Waals surface area contributed by atoms with E-state index >= 15 is 0 Å². The van der Waals surface area contributed by atoms with E-state index in [0.717, 1.165) is 23.4 Å². The molecule has 132 valence electrons. The third-order valence-electron chi connectivity index (χ3n) is 4.89. The molecule has 4 nitrogen and oxygen atoms in total. The second kappa shape index (κ2) is 6.82. The number of ether oxygens (including phenoxy) is 1. The van der Waals surface area contributed by atoms with Gasteiger partial charge in [0.2, 0.25) is 5.78 Å².